The molecule has 1 aromatic heterocycles. The van der Waals surface area contributed by atoms with Crippen LogP contribution in [0.2, 0.25) is 0 Å². The number of alkyl halides is 3. The van der Waals surface area contributed by atoms with E-state index in [1.165, 1.54) is 0 Å². The fourth-order valence-corrected chi connectivity index (χ4v) is 2.69. The Bertz CT molecular complexity index is 703. The molecule has 0 unspecified atom stereocenters. The van der Waals surface area contributed by atoms with E-state index in [1.807, 2.05) is 18.2 Å². The van der Waals surface area contributed by atoms with Gasteiger partial charge in [0.25, 0.3) is 0 Å². The van der Waals surface area contributed by atoms with E-state index in [-0.39, 0.29) is 0 Å². The summed E-state index contributed by atoms with van der Waals surface area (Å²) in [5.41, 5.74) is 2.23. The first kappa shape index (κ1) is 20.0. The normalized spacial score (nSPS) is 11.6. The van der Waals surface area contributed by atoms with E-state index < -0.39 is 3.79 Å². The second kappa shape index (κ2) is 8.90. The maximum atomic E-state index is 5.88. The van der Waals surface area contributed by atoms with E-state index in [0.717, 1.165) is 36.6 Å². The van der Waals surface area contributed by atoms with Crippen molar-refractivity contribution >= 4 is 46.4 Å². The molecule has 1 N–H and O–H groups in total. The average Bonchev–Trinajstić information content (AvgIpc) is 2.59. The van der Waals surface area contributed by atoms with Gasteiger partial charge in [-0.15, -0.1) is 0 Å². The molecule has 0 saturated carbocycles. The maximum Gasteiger partial charge on any atom is 0.232 e. The minimum absolute atomic E-state index is 0.312. The topological polar surface area (TPSA) is 50.3 Å². The van der Waals surface area contributed by atoms with Crippen molar-refractivity contribution in [3.63, 3.8) is 0 Å². The van der Waals surface area contributed by atoms with Crippen LogP contribution in [0.4, 0.5) is 11.6 Å². The minimum Gasteiger partial charge on any atom is -0.496 e. The molecule has 0 bridgehead atoms. The lowest BCUT2D eigenvalue weighted by atomic mass is 10.1. The molecule has 0 atom stereocenters. The molecule has 0 saturated heterocycles. The quantitative estimate of drug-likeness (QED) is 0.667. The number of methoxy groups -OCH3 is 1. The fraction of sp³-hybridized carbons (Fsp3) is 0.412. The van der Waals surface area contributed by atoms with Crippen molar-refractivity contribution in [2.75, 3.05) is 25.5 Å². The van der Waals surface area contributed by atoms with Crippen LogP contribution in [0.25, 0.3) is 0 Å². The van der Waals surface area contributed by atoms with Gasteiger partial charge >= 0.3 is 0 Å². The summed E-state index contributed by atoms with van der Waals surface area (Å²) in [4.78, 5) is 10.7. The van der Waals surface area contributed by atoms with Gasteiger partial charge in [-0.25, -0.2) is 9.97 Å². The summed E-state index contributed by atoms with van der Waals surface area (Å²) in [7, 11) is 1.67. The highest BCUT2D eigenvalue weighted by molar-refractivity contribution is 6.66. The van der Waals surface area contributed by atoms with Crippen LogP contribution < -0.4 is 10.1 Å². The minimum atomic E-state index is -1.59. The molecule has 8 heteroatoms. The van der Waals surface area contributed by atoms with Crippen LogP contribution in [0, 0.1) is 0 Å². The van der Waals surface area contributed by atoms with Crippen LogP contribution in [0.5, 0.6) is 5.75 Å². The lowest BCUT2D eigenvalue weighted by molar-refractivity contribution is 0.289. The Kier molecular flexibility index (Phi) is 7.14. The molecule has 1 heterocycles. The highest BCUT2D eigenvalue weighted by Crippen LogP contribution is 2.37. The number of anilines is 2. The second-order valence-corrected chi connectivity index (χ2v) is 7.66. The van der Waals surface area contributed by atoms with E-state index in [1.54, 1.807) is 19.4 Å². The van der Waals surface area contributed by atoms with E-state index in [9.17, 15) is 0 Å². The third-order valence-electron chi connectivity index (χ3n) is 3.77. The zero-order valence-corrected chi connectivity index (χ0v) is 16.7. The largest absolute Gasteiger partial charge is 0.496 e. The third-order valence-corrected chi connectivity index (χ3v) is 4.35. The molecular weight excluding hydrogens is 383 g/mol. The Morgan fingerprint density at radius 3 is 2.48 bits per heavy atom. The smallest absolute Gasteiger partial charge is 0.232 e. The summed E-state index contributed by atoms with van der Waals surface area (Å²) in [6.07, 6.45) is 1.55. The number of benzene rings is 1. The molecular formula is C17H21Cl3N4O. The van der Waals surface area contributed by atoms with Crippen molar-refractivity contribution in [1.29, 1.82) is 0 Å². The summed E-state index contributed by atoms with van der Waals surface area (Å²) in [5.74, 6) is 1.20. The molecule has 2 aromatic rings. The summed E-state index contributed by atoms with van der Waals surface area (Å²) in [6, 6.07) is 7.40. The van der Waals surface area contributed by atoms with E-state index >= 15 is 0 Å². The zero-order chi connectivity index (χ0) is 18.4. The molecule has 0 aliphatic rings. The van der Waals surface area contributed by atoms with Crippen LogP contribution >= 0.6 is 34.8 Å². The molecule has 0 amide bonds. The zero-order valence-electron chi connectivity index (χ0n) is 14.4. The van der Waals surface area contributed by atoms with Gasteiger partial charge in [0, 0.05) is 24.0 Å². The first-order valence-electron chi connectivity index (χ1n) is 7.93. The molecule has 0 aliphatic carbocycles. The SMILES string of the molecule is CCN(CC)Cc1cc(Nc2nccc(C(Cl)(Cl)Cl)n2)ccc1OC. The first-order chi connectivity index (χ1) is 11.9. The van der Waals surface area contributed by atoms with E-state index in [4.69, 9.17) is 39.5 Å². The third kappa shape index (κ3) is 5.61. The number of halogens is 3. The molecule has 0 aliphatic heterocycles. The maximum absolute atomic E-state index is 5.88. The summed E-state index contributed by atoms with van der Waals surface area (Å²) >= 11 is 17.6. The van der Waals surface area contributed by atoms with Gasteiger partial charge < -0.3 is 10.1 Å². The standard InChI is InChI=1S/C17H21Cl3N4O/c1-4-24(5-2)11-12-10-13(6-7-14(12)25-3)22-16-21-9-8-15(23-16)17(18,19)20/h6-10H,4-5,11H2,1-3H3,(H,21,22,23). The van der Waals surface area contributed by atoms with Crippen LogP contribution in [0.15, 0.2) is 30.5 Å². The van der Waals surface area contributed by atoms with Crippen molar-refractivity contribution in [2.24, 2.45) is 0 Å². The molecule has 136 valence electrons. The Balaban J connectivity index is 2.25. The lowest BCUT2D eigenvalue weighted by Crippen LogP contribution is -2.22. The second-order valence-electron chi connectivity index (χ2n) is 5.38. The summed E-state index contributed by atoms with van der Waals surface area (Å²) < 4.78 is 3.88. The Hall–Kier alpha value is -1.27. The van der Waals surface area contributed by atoms with E-state index in [0.29, 0.717) is 11.6 Å². The number of nitrogens with one attached hydrogen (secondary N) is 1. The summed E-state index contributed by atoms with van der Waals surface area (Å²) in [6.45, 7) is 6.99. The molecule has 0 spiro atoms. The number of hydrogen-bond donors (Lipinski definition) is 1. The Morgan fingerprint density at radius 2 is 1.88 bits per heavy atom. The molecule has 1 aromatic carbocycles. The summed E-state index contributed by atoms with van der Waals surface area (Å²) in [5, 5.41) is 3.15. The lowest BCUT2D eigenvalue weighted by Gasteiger charge is -2.20. The monoisotopic (exact) mass is 402 g/mol. The predicted molar refractivity (Wildman–Crippen MR) is 104 cm³/mol. The number of nitrogens with zero attached hydrogens (tertiary/aromatic N) is 3. The highest BCUT2D eigenvalue weighted by Gasteiger charge is 2.25. The van der Waals surface area contributed by atoms with Crippen LogP contribution in [0.1, 0.15) is 25.1 Å². The molecule has 2 rings (SSSR count). The fourth-order valence-electron chi connectivity index (χ4n) is 2.37. The van der Waals surface area contributed by atoms with Gasteiger partial charge in [0.15, 0.2) is 0 Å². The van der Waals surface area contributed by atoms with Crippen molar-refractivity contribution in [3.05, 3.63) is 41.7 Å². The average molecular weight is 404 g/mol. The van der Waals surface area contributed by atoms with Crippen LogP contribution in [0.3, 0.4) is 0 Å². The van der Waals surface area contributed by atoms with Gasteiger partial charge in [-0.3, -0.25) is 4.90 Å². The van der Waals surface area contributed by atoms with Gasteiger partial charge in [0.2, 0.25) is 9.74 Å². The number of rotatable bonds is 7. The Morgan fingerprint density at radius 1 is 1.16 bits per heavy atom. The van der Waals surface area contributed by atoms with Gasteiger partial charge in [0.05, 0.1) is 12.8 Å². The van der Waals surface area contributed by atoms with Crippen molar-refractivity contribution in [1.82, 2.24) is 14.9 Å². The van der Waals surface area contributed by atoms with Crippen LogP contribution in [-0.2, 0) is 10.3 Å². The van der Waals surface area contributed by atoms with Crippen molar-refractivity contribution in [3.8, 4) is 5.75 Å². The molecule has 0 radical (unpaired) electrons. The van der Waals surface area contributed by atoms with Gasteiger partial charge in [-0.1, -0.05) is 48.7 Å². The Labute approximate surface area is 163 Å². The highest BCUT2D eigenvalue weighted by atomic mass is 35.6. The van der Waals surface area contributed by atoms with Gasteiger partial charge in [-0.05, 0) is 37.4 Å². The first-order valence-corrected chi connectivity index (χ1v) is 9.07. The van der Waals surface area contributed by atoms with Crippen molar-refractivity contribution < 1.29 is 4.74 Å². The van der Waals surface area contributed by atoms with Gasteiger partial charge in [-0.2, -0.15) is 0 Å². The molecule has 25 heavy (non-hydrogen) atoms. The number of hydrogen-bond acceptors (Lipinski definition) is 5. The van der Waals surface area contributed by atoms with E-state index in [2.05, 4.69) is 34.0 Å². The molecule has 0 fully saturated rings. The number of ether oxygens (including phenoxy) is 1. The molecule has 5 nitrogen and oxygen atoms in total. The van der Waals surface area contributed by atoms with Gasteiger partial charge in [0.1, 0.15) is 5.75 Å². The number of aromatic nitrogens is 2. The van der Waals surface area contributed by atoms with Crippen molar-refractivity contribution in [2.45, 2.75) is 24.2 Å². The van der Waals surface area contributed by atoms with Crippen LogP contribution in [-0.4, -0.2) is 35.1 Å². The predicted octanol–water partition coefficient (Wildman–Crippen LogP) is 4.90.